The number of halogens is 2. The van der Waals surface area contributed by atoms with Gasteiger partial charge in [-0.25, -0.2) is 9.37 Å². The number of nitrogens with one attached hydrogen (secondary N) is 1. The molecule has 0 radical (unpaired) electrons. The van der Waals surface area contributed by atoms with E-state index in [1.807, 2.05) is 0 Å². The maximum absolute atomic E-state index is 13.4. The summed E-state index contributed by atoms with van der Waals surface area (Å²) in [6, 6.07) is 4.67. The van der Waals surface area contributed by atoms with Crippen molar-refractivity contribution in [3.05, 3.63) is 45.6 Å². The van der Waals surface area contributed by atoms with E-state index in [0.29, 0.717) is 26.6 Å². The lowest BCUT2D eigenvalue weighted by Crippen LogP contribution is -1.90. The van der Waals surface area contributed by atoms with Gasteiger partial charge in [-0.15, -0.1) is 0 Å². The first-order chi connectivity index (χ1) is 7.58. The summed E-state index contributed by atoms with van der Waals surface area (Å²) in [5.74, 6) is -0.296. The van der Waals surface area contributed by atoms with Gasteiger partial charge in [0.1, 0.15) is 5.82 Å². The second-order valence-electron chi connectivity index (χ2n) is 3.37. The number of H-pyrrole nitrogens is 1. The lowest BCUT2D eigenvalue weighted by atomic mass is 10.1. The minimum absolute atomic E-state index is 0.296. The Morgan fingerprint density at radius 1 is 1.44 bits per heavy atom. The van der Waals surface area contributed by atoms with Gasteiger partial charge in [-0.3, -0.25) is 0 Å². The summed E-state index contributed by atoms with van der Waals surface area (Å²) in [4.78, 5) is 6.72. The number of hydrogen-bond acceptors (Lipinski definition) is 2. The molecule has 0 saturated heterocycles. The Morgan fingerprint density at radius 2 is 2.19 bits per heavy atom. The minimum atomic E-state index is -0.296. The molecule has 0 spiro atoms. The average Bonchev–Trinajstić information content (AvgIpc) is 2.23. The Kier molecular flexibility index (Phi) is 3.03. The molecule has 2 nitrogen and oxygen atoms in total. The van der Waals surface area contributed by atoms with Crippen molar-refractivity contribution in [3.8, 4) is 11.3 Å². The van der Waals surface area contributed by atoms with E-state index in [4.69, 9.17) is 23.8 Å². The molecule has 2 rings (SSSR count). The van der Waals surface area contributed by atoms with Crippen LogP contribution in [0.1, 0.15) is 5.56 Å². The van der Waals surface area contributed by atoms with Crippen molar-refractivity contribution >= 4 is 23.8 Å². The SMILES string of the molecule is Cc1cc(Cl)c(-c2ccnc(=S)[nH]2)cc1F. The normalized spacial score (nSPS) is 10.4. The number of nitrogens with zero attached hydrogens (tertiary/aromatic N) is 1. The zero-order valence-electron chi connectivity index (χ0n) is 8.42. The Labute approximate surface area is 102 Å². The minimum Gasteiger partial charge on any atom is -0.330 e. The van der Waals surface area contributed by atoms with Crippen molar-refractivity contribution in [1.82, 2.24) is 9.97 Å². The Hall–Kier alpha value is -1.26. The Balaban J connectivity index is 2.65. The van der Waals surface area contributed by atoms with Crippen LogP contribution in [0.5, 0.6) is 0 Å². The number of aromatic amines is 1. The van der Waals surface area contributed by atoms with E-state index >= 15 is 0 Å². The van der Waals surface area contributed by atoms with E-state index in [0.717, 1.165) is 0 Å². The molecule has 1 aromatic heterocycles. The predicted octanol–water partition coefficient (Wildman–Crippen LogP) is 3.91. The molecule has 2 aromatic rings. The Bertz CT molecular complexity index is 595. The van der Waals surface area contributed by atoms with E-state index in [1.165, 1.54) is 6.07 Å². The smallest absolute Gasteiger partial charge is 0.197 e. The van der Waals surface area contributed by atoms with E-state index in [1.54, 1.807) is 25.3 Å². The summed E-state index contributed by atoms with van der Waals surface area (Å²) in [7, 11) is 0. The fraction of sp³-hybridized carbons (Fsp3) is 0.0909. The molecule has 0 bridgehead atoms. The van der Waals surface area contributed by atoms with Crippen LogP contribution in [0.25, 0.3) is 11.3 Å². The zero-order chi connectivity index (χ0) is 11.7. The number of aryl methyl sites for hydroxylation is 1. The molecule has 0 amide bonds. The standard InChI is InChI=1S/C11H8ClFN2S/c1-6-4-8(12)7(5-9(6)13)10-2-3-14-11(16)15-10/h2-5H,1H3,(H,14,15,16). The summed E-state index contributed by atoms with van der Waals surface area (Å²) >= 11 is 10.9. The quantitative estimate of drug-likeness (QED) is 0.782. The van der Waals surface area contributed by atoms with Gasteiger partial charge in [-0.05, 0) is 42.9 Å². The highest BCUT2D eigenvalue weighted by Gasteiger charge is 2.08. The van der Waals surface area contributed by atoms with Gasteiger partial charge in [0.2, 0.25) is 0 Å². The molecule has 0 atom stereocenters. The first-order valence-corrected chi connectivity index (χ1v) is 5.38. The number of rotatable bonds is 1. The van der Waals surface area contributed by atoms with Crippen LogP contribution in [-0.4, -0.2) is 9.97 Å². The van der Waals surface area contributed by atoms with Crippen molar-refractivity contribution in [2.75, 3.05) is 0 Å². The van der Waals surface area contributed by atoms with Crippen LogP contribution in [0.15, 0.2) is 24.4 Å². The monoisotopic (exact) mass is 254 g/mol. The number of aromatic nitrogens is 2. The second kappa shape index (κ2) is 4.31. The number of benzene rings is 1. The van der Waals surface area contributed by atoms with Crippen LogP contribution >= 0.6 is 23.8 Å². The molecule has 1 N–H and O–H groups in total. The van der Waals surface area contributed by atoms with E-state index in [-0.39, 0.29) is 5.82 Å². The Morgan fingerprint density at radius 3 is 2.88 bits per heavy atom. The molecule has 0 unspecified atom stereocenters. The van der Waals surface area contributed by atoms with Gasteiger partial charge in [0.05, 0.1) is 10.7 Å². The first-order valence-electron chi connectivity index (χ1n) is 4.59. The topological polar surface area (TPSA) is 28.7 Å². The molecule has 82 valence electrons. The van der Waals surface area contributed by atoms with Crippen LogP contribution in [0.4, 0.5) is 4.39 Å². The lowest BCUT2D eigenvalue weighted by molar-refractivity contribution is 0.619. The molecule has 1 aromatic carbocycles. The maximum Gasteiger partial charge on any atom is 0.197 e. The van der Waals surface area contributed by atoms with Crippen LogP contribution < -0.4 is 0 Å². The highest BCUT2D eigenvalue weighted by Crippen LogP contribution is 2.28. The van der Waals surface area contributed by atoms with Crippen LogP contribution in [0.2, 0.25) is 5.02 Å². The summed E-state index contributed by atoms with van der Waals surface area (Å²) in [6.07, 6.45) is 1.56. The molecule has 0 aliphatic rings. The van der Waals surface area contributed by atoms with Crippen molar-refractivity contribution in [2.24, 2.45) is 0 Å². The van der Waals surface area contributed by atoms with Crippen molar-refractivity contribution < 1.29 is 4.39 Å². The van der Waals surface area contributed by atoms with E-state index in [2.05, 4.69) is 9.97 Å². The summed E-state index contributed by atoms with van der Waals surface area (Å²) in [6.45, 7) is 1.67. The summed E-state index contributed by atoms with van der Waals surface area (Å²) in [5, 5.41) is 0.482. The molecule has 0 aliphatic heterocycles. The third kappa shape index (κ3) is 2.13. The molecule has 5 heteroatoms. The third-order valence-electron chi connectivity index (χ3n) is 2.21. The average molecular weight is 255 g/mol. The van der Waals surface area contributed by atoms with Crippen molar-refractivity contribution in [1.29, 1.82) is 0 Å². The third-order valence-corrected chi connectivity index (χ3v) is 2.73. The molecular formula is C11H8ClFN2S. The fourth-order valence-corrected chi connectivity index (χ4v) is 1.87. The van der Waals surface area contributed by atoms with Gasteiger partial charge in [0.25, 0.3) is 0 Å². The predicted molar refractivity (Wildman–Crippen MR) is 64.6 cm³/mol. The van der Waals surface area contributed by atoms with Gasteiger partial charge < -0.3 is 4.98 Å². The van der Waals surface area contributed by atoms with E-state index in [9.17, 15) is 4.39 Å². The van der Waals surface area contributed by atoms with Crippen molar-refractivity contribution in [3.63, 3.8) is 0 Å². The van der Waals surface area contributed by atoms with Gasteiger partial charge >= 0.3 is 0 Å². The maximum atomic E-state index is 13.4. The lowest BCUT2D eigenvalue weighted by Gasteiger charge is -2.06. The summed E-state index contributed by atoms with van der Waals surface area (Å²) in [5.41, 5.74) is 1.75. The molecule has 0 fully saturated rings. The molecular weight excluding hydrogens is 247 g/mol. The second-order valence-corrected chi connectivity index (χ2v) is 4.16. The van der Waals surface area contributed by atoms with Crippen LogP contribution in [0.3, 0.4) is 0 Å². The number of hydrogen-bond donors (Lipinski definition) is 1. The highest BCUT2D eigenvalue weighted by atomic mass is 35.5. The van der Waals surface area contributed by atoms with Crippen LogP contribution in [0, 0.1) is 17.5 Å². The highest BCUT2D eigenvalue weighted by molar-refractivity contribution is 7.71. The largest absolute Gasteiger partial charge is 0.330 e. The zero-order valence-corrected chi connectivity index (χ0v) is 9.99. The fourth-order valence-electron chi connectivity index (χ4n) is 1.38. The van der Waals surface area contributed by atoms with E-state index < -0.39 is 0 Å². The van der Waals surface area contributed by atoms with Gasteiger partial charge in [0.15, 0.2) is 4.77 Å². The molecule has 0 aliphatic carbocycles. The van der Waals surface area contributed by atoms with Crippen molar-refractivity contribution in [2.45, 2.75) is 6.92 Å². The van der Waals surface area contributed by atoms with Gasteiger partial charge in [0, 0.05) is 11.8 Å². The molecule has 16 heavy (non-hydrogen) atoms. The van der Waals surface area contributed by atoms with Gasteiger partial charge in [-0.2, -0.15) is 0 Å². The molecule has 1 heterocycles. The van der Waals surface area contributed by atoms with Crippen LogP contribution in [-0.2, 0) is 0 Å². The van der Waals surface area contributed by atoms with Gasteiger partial charge in [-0.1, -0.05) is 11.6 Å². The molecule has 0 saturated carbocycles. The first kappa shape index (κ1) is 11.2. The summed E-state index contributed by atoms with van der Waals surface area (Å²) < 4.78 is 13.8.